The van der Waals surface area contributed by atoms with E-state index in [0.717, 1.165) is 50.4 Å². The molecule has 118 valence electrons. The third kappa shape index (κ3) is 3.83. The third-order valence-corrected chi connectivity index (χ3v) is 4.31. The Morgan fingerprint density at radius 1 is 1.38 bits per heavy atom. The van der Waals surface area contributed by atoms with Crippen LogP contribution in [0.25, 0.3) is 0 Å². The van der Waals surface area contributed by atoms with Crippen LogP contribution in [0, 0.1) is 12.8 Å². The quantitative estimate of drug-likeness (QED) is 0.876. The lowest BCUT2D eigenvalue weighted by atomic mass is 10.1. The molecule has 1 amide bonds. The highest BCUT2D eigenvalue weighted by atomic mass is 16.2. The van der Waals surface area contributed by atoms with Crippen LogP contribution in [0.1, 0.15) is 29.4 Å². The minimum atomic E-state index is 0.106. The van der Waals surface area contributed by atoms with Crippen LogP contribution in [0.3, 0.4) is 0 Å². The van der Waals surface area contributed by atoms with E-state index in [0.29, 0.717) is 12.5 Å². The van der Waals surface area contributed by atoms with E-state index in [9.17, 15) is 4.79 Å². The fraction of sp³-hybridized carbons (Fsp3) is 0.733. The normalized spacial score (nSPS) is 18.6. The van der Waals surface area contributed by atoms with Gasteiger partial charge < -0.3 is 15.5 Å². The second-order valence-electron chi connectivity index (χ2n) is 6.05. The van der Waals surface area contributed by atoms with Gasteiger partial charge in [0.15, 0.2) is 0 Å². The van der Waals surface area contributed by atoms with Crippen molar-refractivity contribution < 1.29 is 4.79 Å². The molecule has 1 aliphatic rings. The summed E-state index contributed by atoms with van der Waals surface area (Å²) in [7, 11) is 1.87. The highest BCUT2D eigenvalue weighted by molar-refractivity contribution is 5.95. The molecule has 0 bridgehead atoms. The fourth-order valence-corrected chi connectivity index (χ4v) is 2.75. The summed E-state index contributed by atoms with van der Waals surface area (Å²) in [5.41, 5.74) is 7.35. The third-order valence-electron chi connectivity index (χ3n) is 4.31. The lowest BCUT2D eigenvalue weighted by Crippen LogP contribution is -2.37. The van der Waals surface area contributed by atoms with Gasteiger partial charge >= 0.3 is 0 Å². The molecule has 0 aromatic carbocycles. The van der Waals surface area contributed by atoms with Crippen LogP contribution in [0.4, 0.5) is 0 Å². The average Bonchev–Trinajstić information content (AvgIpc) is 2.68. The van der Waals surface area contributed by atoms with E-state index in [1.54, 1.807) is 10.9 Å². The summed E-state index contributed by atoms with van der Waals surface area (Å²) in [6, 6.07) is 0. The first kappa shape index (κ1) is 16.0. The summed E-state index contributed by atoms with van der Waals surface area (Å²) in [4.78, 5) is 17.0. The van der Waals surface area contributed by atoms with Crippen LogP contribution in [0.15, 0.2) is 6.20 Å². The van der Waals surface area contributed by atoms with Crippen molar-refractivity contribution in [1.82, 2.24) is 19.6 Å². The molecule has 0 radical (unpaired) electrons. The second kappa shape index (κ2) is 7.04. The maximum Gasteiger partial charge on any atom is 0.257 e. The number of hydrogen-bond donors (Lipinski definition) is 1. The lowest BCUT2D eigenvalue weighted by molar-refractivity contribution is 0.0760. The largest absolute Gasteiger partial charge is 0.337 e. The van der Waals surface area contributed by atoms with Crippen molar-refractivity contribution in [3.8, 4) is 0 Å². The smallest absolute Gasteiger partial charge is 0.257 e. The number of aromatic nitrogens is 2. The Bertz CT molecular complexity index is 484. The molecule has 1 atom stereocenters. The van der Waals surface area contributed by atoms with E-state index in [-0.39, 0.29) is 5.91 Å². The molecule has 1 unspecified atom stereocenters. The highest BCUT2D eigenvalue weighted by Gasteiger charge is 2.23. The van der Waals surface area contributed by atoms with Crippen LogP contribution in [-0.4, -0.2) is 64.8 Å². The predicted molar refractivity (Wildman–Crippen MR) is 83.1 cm³/mol. The zero-order valence-electron chi connectivity index (χ0n) is 13.4. The van der Waals surface area contributed by atoms with Gasteiger partial charge in [0, 0.05) is 38.9 Å². The van der Waals surface area contributed by atoms with Gasteiger partial charge in [0.1, 0.15) is 0 Å². The van der Waals surface area contributed by atoms with Crippen LogP contribution in [-0.2, 0) is 7.05 Å². The van der Waals surface area contributed by atoms with Crippen molar-refractivity contribution >= 4 is 5.91 Å². The van der Waals surface area contributed by atoms with E-state index in [1.807, 2.05) is 18.9 Å². The molecule has 2 heterocycles. The molecule has 1 aromatic rings. The van der Waals surface area contributed by atoms with Gasteiger partial charge in [-0.05, 0) is 32.4 Å². The van der Waals surface area contributed by atoms with Crippen LogP contribution >= 0.6 is 0 Å². The Kier molecular flexibility index (Phi) is 5.36. The number of carbonyl (C=O) groups excluding carboxylic acids is 1. The maximum atomic E-state index is 12.6. The number of hydrogen-bond acceptors (Lipinski definition) is 4. The monoisotopic (exact) mass is 293 g/mol. The van der Waals surface area contributed by atoms with Crippen molar-refractivity contribution in [1.29, 1.82) is 0 Å². The van der Waals surface area contributed by atoms with Gasteiger partial charge in [0.2, 0.25) is 0 Å². The standard InChI is InChI=1S/C15H27N5O/c1-12(9-16)11-19-5-4-6-20(8-7-19)15(21)14-10-17-18(3)13(14)2/h10,12H,4-9,11,16H2,1-3H3. The first-order valence-electron chi connectivity index (χ1n) is 7.73. The van der Waals surface area contributed by atoms with Crippen LogP contribution < -0.4 is 5.73 Å². The Morgan fingerprint density at radius 3 is 2.76 bits per heavy atom. The zero-order valence-corrected chi connectivity index (χ0v) is 13.4. The van der Waals surface area contributed by atoms with Gasteiger partial charge in [-0.1, -0.05) is 6.92 Å². The molecule has 21 heavy (non-hydrogen) atoms. The summed E-state index contributed by atoms with van der Waals surface area (Å²) in [5.74, 6) is 0.613. The summed E-state index contributed by atoms with van der Waals surface area (Å²) in [6.45, 7) is 9.42. The number of nitrogens with two attached hydrogens (primary N) is 1. The first-order valence-corrected chi connectivity index (χ1v) is 7.73. The summed E-state index contributed by atoms with van der Waals surface area (Å²) in [6.07, 6.45) is 2.69. The van der Waals surface area contributed by atoms with E-state index in [4.69, 9.17) is 5.73 Å². The van der Waals surface area contributed by atoms with Crippen molar-refractivity contribution in [3.63, 3.8) is 0 Å². The Hall–Kier alpha value is -1.40. The highest BCUT2D eigenvalue weighted by Crippen LogP contribution is 2.13. The molecule has 2 N–H and O–H groups in total. The van der Waals surface area contributed by atoms with Crippen molar-refractivity contribution in [2.45, 2.75) is 20.3 Å². The molecular formula is C15H27N5O. The molecule has 6 heteroatoms. The molecule has 0 aliphatic carbocycles. The van der Waals surface area contributed by atoms with E-state index in [2.05, 4.69) is 16.9 Å². The average molecular weight is 293 g/mol. The van der Waals surface area contributed by atoms with Gasteiger partial charge in [-0.25, -0.2) is 0 Å². The van der Waals surface area contributed by atoms with Gasteiger partial charge in [-0.3, -0.25) is 9.48 Å². The van der Waals surface area contributed by atoms with Crippen molar-refractivity contribution in [2.75, 3.05) is 39.3 Å². The molecule has 1 fully saturated rings. The molecule has 0 saturated carbocycles. The Balaban J connectivity index is 1.96. The predicted octanol–water partition coefficient (Wildman–Crippen LogP) is 0.471. The molecule has 0 spiro atoms. The molecular weight excluding hydrogens is 266 g/mol. The van der Waals surface area contributed by atoms with Gasteiger partial charge in [0.25, 0.3) is 5.91 Å². The van der Waals surface area contributed by atoms with E-state index >= 15 is 0 Å². The van der Waals surface area contributed by atoms with Gasteiger partial charge in [0.05, 0.1) is 11.8 Å². The lowest BCUT2D eigenvalue weighted by Gasteiger charge is -2.24. The second-order valence-corrected chi connectivity index (χ2v) is 6.05. The molecule has 6 nitrogen and oxygen atoms in total. The van der Waals surface area contributed by atoms with Crippen molar-refractivity contribution in [3.05, 3.63) is 17.5 Å². The minimum Gasteiger partial charge on any atom is -0.337 e. The Morgan fingerprint density at radius 2 is 2.14 bits per heavy atom. The summed E-state index contributed by atoms with van der Waals surface area (Å²) < 4.78 is 1.75. The molecule has 2 rings (SSSR count). The number of rotatable bonds is 4. The van der Waals surface area contributed by atoms with Crippen molar-refractivity contribution in [2.24, 2.45) is 18.7 Å². The Labute approximate surface area is 126 Å². The fourth-order valence-electron chi connectivity index (χ4n) is 2.75. The van der Waals surface area contributed by atoms with E-state index in [1.165, 1.54) is 0 Å². The summed E-state index contributed by atoms with van der Waals surface area (Å²) >= 11 is 0. The minimum absolute atomic E-state index is 0.106. The SMILES string of the molecule is Cc1c(C(=O)N2CCCN(CC(C)CN)CC2)cnn1C. The van der Waals surface area contributed by atoms with Gasteiger partial charge in [-0.15, -0.1) is 0 Å². The molecule has 1 aromatic heterocycles. The van der Waals surface area contributed by atoms with Gasteiger partial charge in [-0.2, -0.15) is 5.10 Å². The molecule has 1 aliphatic heterocycles. The molecule has 1 saturated heterocycles. The van der Waals surface area contributed by atoms with Crippen LogP contribution in [0.2, 0.25) is 0 Å². The van der Waals surface area contributed by atoms with E-state index < -0.39 is 0 Å². The number of carbonyl (C=O) groups is 1. The maximum absolute atomic E-state index is 12.6. The topological polar surface area (TPSA) is 67.4 Å². The zero-order chi connectivity index (χ0) is 15.4. The van der Waals surface area contributed by atoms with Crippen LogP contribution in [0.5, 0.6) is 0 Å². The number of aryl methyl sites for hydroxylation is 1. The number of amides is 1. The number of nitrogens with zero attached hydrogens (tertiary/aromatic N) is 4. The first-order chi connectivity index (χ1) is 10.0. The summed E-state index contributed by atoms with van der Waals surface area (Å²) in [5, 5.41) is 4.17.